The second kappa shape index (κ2) is 7.08. The van der Waals surface area contributed by atoms with Gasteiger partial charge in [-0.05, 0) is 56.3 Å². The van der Waals surface area contributed by atoms with E-state index in [0.717, 1.165) is 23.6 Å². The molecule has 116 valence electrons. The maximum Gasteiger partial charge on any atom is 0.163 e. The maximum atomic E-state index is 12.1. The highest BCUT2D eigenvalue weighted by atomic mass is 16.3. The van der Waals surface area contributed by atoms with Gasteiger partial charge in [0.05, 0.1) is 0 Å². The van der Waals surface area contributed by atoms with Crippen LogP contribution in [-0.4, -0.2) is 17.4 Å². The van der Waals surface area contributed by atoms with Crippen molar-refractivity contribution in [1.29, 1.82) is 0 Å². The van der Waals surface area contributed by atoms with E-state index in [0.29, 0.717) is 18.4 Å². The molecule has 0 amide bonds. The summed E-state index contributed by atoms with van der Waals surface area (Å²) in [5.41, 5.74) is 2.46. The number of carbonyl (C=O) groups is 1. The molecule has 1 saturated carbocycles. The quantitative estimate of drug-likeness (QED) is 0.746. The summed E-state index contributed by atoms with van der Waals surface area (Å²) < 4.78 is 0. The second-order valence-corrected chi connectivity index (χ2v) is 6.12. The highest BCUT2D eigenvalue weighted by molar-refractivity contribution is 5.98. The molecule has 0 heterocycles. The fraction of sp³-hybridized carbons (Fsp3) is 0.611. The SMILES string of the molecule is CCC(=O)c1cc(C(C)NCC2CCC2)cc(O)c1CC. The molecule has 0 saturated heterocycles. The van der Waals surface area contributed by atoms with Gasteiger partial charge in [0.1, 0.15) is 5.75 Å². The summed E-state index contributed by atoms with van der Waals surface area (Å²) >= 11 is 0. The number of hydrogen-bond acceptors (Lipinski definition) is 3. The second-order valence-electron chi connectivity index (χ2n) is 6.12. The summed E-state index contributed by atoms with van der Waals surface area (Å²) in [6.07, 6.45) is 5.14. The number of ketones is 1. The summed E-state index contributed by atoms with van der Waals surface area (Å²) in [6, 6.07) is 3.93. The first kappa shape index (κ1) is 16.0. The monoisotopic (exact) mass is 289 g/mol. The summed E-state index contributed by atoms with van der Waals surface area (Å²) in [4.78, 5) is 12.1. The maximum absolute atomic E-state index is 12.1. The van der Waals surface area contributed by atoms with E-state index < -0.39 is 0 Å². The third-order valence-electron chi connectivity index (χ3n) is 4.66. The third-order valence-corrected chi connectivity index (χ3v) is 4.66. The summed E-state index contributed by atoms with van der Waals surface area (Å²) in [7, 11) is 0. The van der Waals surface area contributed by atoms with Crippen molar-refractivity contribution in [2.75, 3.05) is 6.54 Å². The standard InChI is InChI=1S/C18H27NO2/c1-4-15-16(17(20)5-2)9-14(10-18(15)21)12(3)19-11-13-7-6-8-13/h9-10,12-13,19,21H,4-8,11H2,1-3H3. The van der Waals surface area contributed by atoms with Crippen LogP contribution in [0, 0.1) is 5.92 Å². The molecular weight excluding hydrogens is 262 g/mol. The van der Waals surface area contributed by atoms with Crippen molar-refractivity contribution in [2.24, 2.45) is 5.92 Å². The van der Waals surface area contributed by atoms with E-state index in [1.165, 1.54) is 19.3 Å². The first-order chi connectivity index (χ1) is 10.1. The Morgan fingerprint density at radius 1 is 1.38 bits per heavy atom. The van der Waals surface area contributed by atoms with Crippen molar-refractivity contribution in [2.45, 2.75) is 58.9 Å². The Bertz CT molecular complexity index is 506. The minimum Gasteiger partial charge on any atom is -0.508 e. The Morgan fingerprint density at radius 2 is 2.10 bits per heavy atom. The van der Waals surface area contributed by atoms with Gasteiger partial charge < -0.3 is 10.4 Å². The molecule has 1 aromatic rings. The predicted octanol–water partition coefficient (Wildman–Crippen LogP) is 4.00. The van der Waals surface area contributed by atoms with E-state index in [9.17, 15) is 9.90 Å². The molecule has 3 nitrogen and oxygen atoms in total. The number of benzene rings is 1. The van der Waals surface area contributed by atoms with E-state index in [4.69, 9.17) is 0 Å². The van der Waals surface area contributed by atoms with Crippen LogP contribution in [0.5, 0.6) is 5.75 Å². The van der Waals surface area contributed by atoms with Crippen LogP contribution in [0.1, 0.15) is 74.0 Å². The van der Waals surface area contributed by atoms with Crippen LogP contribution in [0.3, 0.4) is 0 Å². The smallest absolute Gasteiger partial charge is 0.163 e. The number of phenols is 1. The number of hydrogen-bond donors (Lipinski definition) is 2. The Hall–Kier alpha value is -1.35. The van der Waals surface area contributed by atoms with Gasteiger partial charge in [-0.15, -0.1) is 0 Å². The fourth-order valence-corrected chi connectivity index (χ4v) is 2.90. The Balaban J connectivity index is 2.18. The van der Waals surface area contributed by atoms with Crippen LogP contribution in [-0.2, 0) is 6.42 Å². The van der Waals surface area contributed by atoms with Crippen molar-refractivity contribution >= 4 is 5.78 Å². The van der Waals surface area contributed by atoms with Crippen molar-refractivity contribution in [3.63, 3.8) is 0 Å². The molecule has 1 aliphatic carbocycles. The number of nitrogens with one attached hydrogen (secondary N) is 1. The number of Topliss-reactive ketones (excluding diaryl/α,β-unsaturated/α-hetero) is 1. The van der Waals surface area contributed by atoms with E-state index in [2.05, 4.69) is 12.2 Å². The molecule has 2 rings (SSSR count). The molecule has 1 unspecified atom stereocenters. The molecule has 1 aromatic carbocycles. The number of carbonyl (C=O) groups excluding carboxylic acids is 1. The number of phenolic OH excluding ortho intramolecular Hbond substituents is 1. The Morgan fingerprint density at radius 3 is 2.62 bits per heavy atom. The Labute approximate surface area is 127 Å². The molecule has 1 atom stereocenters. The van der Waals surface area contributed by atoms with Crippen LogP contribution in [0.25, 0.3) is 0 Å². The first-order valence-electron chi connectivity index (χ1n) is 8.19. The van der Waals surface area contributed by atoms with Gasteiger partial charge in [0, 0.05) is 23.6 Å². The lowest BCUT2D eigenvalue weighted by molar-refractivity contribution is 0.0986. The van der Waals surface area contributed by atoms with Crippen molar-refractivity contribution in [3.05, 3.63) is 28.8 Å². The van der Waals surface area contributed by atoms with Crippen LogP contribution >= 0.6 is 0 Å². The molecule has 0 aromatic heterocycles. The fourth-order valence-electron chi connectivity index (χ4n) is 2.90. The highest BCUT2D eigenvalue weighted by Gasteiger charge is 2.20. The van der Waals surface area contributed by atoms with Gasteiger partial charge >= 0.3 is 0 Å². The summed E-state index contributed by atoms with van der Waals surface area (Å²) in [5.74, 6) is 1.16. The van der Waals surface area contributed by atoms with Crippen LogP contribution in [0.2, 0.25) is 0 Å². The van der Waals surface area contributed by atoms with Gasteiger partial charge in [0.2, 0.25) is 0 Å². The highest BCUT2D eigenvalue weighted by Crippen LogP contribution is 2.30. The van der Waals surface area contributed by atoms with E-state index >= 15 is 0 Å². The Kier molecular flexibility index (Phi) is 5.40. The van der Waals surface area contributed by atoms with Gasteiger partial charge in [-0.1, -0.05) is 20.3 Å². The zero-order chi connectivity index (χ0) is 15.4. The van der Waals surface area contributed by atoms with Gasteiger partial charge in [-0.2, -0.15) is 0 Å². The summed E-state index contributed by atoms with van der Waals surface area (Å²) in [5, 5.41) is 13.7. The number of rotatable bonds is 7. The zero-order valence-electron chi connectivity index (χ0n) is 13.4. The number of aromatic hydroxyl groups is 1. The molecule has 0 aliphatic heterocycles. The molecule has 3 heteroatoms. The van der Waals surface area contributed by atoms with Gasteiger partial charge in [-0.25, -0.2) is 0 Å². The van der Waals surface area contributed by atoms with E-state index in [1.807, 2.05) is 26.0 Å². The molecule has 1 aliphatic rings. The minimum atomic E-state index is 0.107. The molecule has 1 fully saturated rings. The van der Waals surface area contributed by atoms with Crippen LogP contribution in [0.15, 0.2) is 12.1 Å². The largest absolute Gasteiger partial charge is 0.508 e. The van der Waals surface area contributed by atoms with Crippen LogP contribution in [0.4, 0.5) is 0 Å². The lowest BCUT2D eigenvalue weighted by Crippen LogP contribution is -2.29. The zero-order valence-corrected chi connectivity index (χ0v) is 13.4. The van der Waals surface area contributed by atoms with Crippen molar-refractivity contribution in [3.8, 4) is 5.75 Å². The van der Waals surface area contributed by atoms with Gasteiger partial charge in [0.25, 0.3) is 0 Å². The lowest BCUT2D eigenvalue weighted by Gasteiger charge is -2.27. The van der Waals surface area contributed by atoms with Gasteiger partial charge in [0.15, 0.2) is 5.78 Å². The minimum absolute atomic E-state index is 0.107. The predicted molar refractivity (Wildman–Crippen MR) is 85.9 cm³/mol. The summed E-state index contributed by atoms with van der Waals surface area (Å²) in [6.45, 7) is 6.96. The lowest BCUT2D eigenvalue weighted by atomic mass is 9.85. The van der Waals surface area contributed by atoms with E-state index in [-0.39, 0.29) is 17.6 Å². The van der Waals surface area contributed by atoms with Crippen LogP contribution < -0.4 is 5.32 Å². The first-order valence-corrected chi connectivity index (χ1v) is 8.19. The molecule has 0 radical (unpaired) electrons. The average molecular weight is 289 g/mol. The molecule has 0 bridgehead atoms. The van der Waals surface area contributed by atoms with Crippen molar-refractivity contribution in [1.82, 2.24) is 5.32 Å². The molecule has 2 N–H and O–H groups in total. The average Bonchev–Trinajstić information content (AvgIpc) is 2.43. The molecule has 21 heavy (non-hydrogen) atoms. The third kappa shape index (κ3) is 3.65. The van der Waals surface area contributed by atoms with Crippen molar-refractivity contribution < 1.29 is 9.90 Å². The van der Waals surface area contributed by atoms with Gasteiger partial charge in [-0.3, -0.25) is 4.79 Å². The molecular formula is C18H27NO2. The molecule has 0 spiro atoms. The normalized spacial score (nSPS) is 16.5. The topological polar surface area (TPSA) is 49.3 Å². The van der Waals surface area contributed by atoms with E-state index in [1.54, 1.807) is 0 Å².